The minimum Gasteiger partial charge on any atom is -0.323 e. The number of hydrogen-bond acceptors (Lipinski definition) is 3. The van der Waals surface area contributed by atoms with E-state index in [1.807, 2.05) is 0 Å². The standard InChI is InChI=1S/C8H10ClNO3S/c9-7-3-1-2-6(4-7)8(10)5-14(11,12)13/h1-4,8H,5,10H2,(H,11,12,13). The molecule has 0 amide bonds. The Morgan fingerprint density at radius 2 is 2.14 bits per heavy atom. The predicted molar refractivity (Wildman–Crippen MR) is 54.8 cm³/mol. The molecule has 0 aliphatic carbocycles. The van der Waals surface area contributed by atoms with Crippen LogP contribution in [0.2, 0.25) is 5.02 Å². The Balaban J connectivity index is 2.85. The van der Waals surface area contributed by atoms with Gasteiger partial charge in [0.1, 0.15) is 0 Å². The van der Waals surface area contributed by atoms with Gasteiger partial charge in [-0.15, -0.1) is 0 Å². The Bertz CT molecular complexity index is 418. The zero-order chi connectivity index (χ0) is 10.8. The quantitative estimate of drug-likeness (QED) is 0.773. The van der Waals surface area contributed by atoms with Crippen molar-refractivity contribution in [1.82, 2.24) is 0 Å². The molecule has 0 aromatic heterocycles. The number of benzene rings is 1. The van der Waals surface area contributed by atoms with E-state index in [4.69, 9.17) is 21.9 Å². The van der Waals surface area contributed by atoms with E-state index in [-0.39, 0.29) is 0 Å². The average molecular weight is 236 g/mol. The first-order valence-corrected chi connectivity index (χ1v) is 5.83. The van der Waals surface area contributed by atoms with Crippen molar-refractivity contribution in [3.63, 3.8) is 0 Å². The van der Waals surface area contributed by atoms with Gasteiger partial charge in [-0.1, -0.05) is 23.7 Å². The summed E-state index contributed by atoms with van der Waals surface area (Å²) < 4.78 is 29.7. The van der Waals surface area contributed by atoms with E-state index in [0.717, 1.165) is 0 Å². The molecule has 14 heavy (non-hydrogen) atoms. The summed E-state index contributed by atoms with van der Waals surface area (Å²) in [5.74, 6) is -0.507. The third kappa shape index (κ3) is 3.63. The van der Waals surface area contributed by atoms with Crippen molar-refractivity contribution < 1.29 is 13.0 Å². The van der Waals surface area contributed by atoms with Crippen LogP contribution >= 0.6 is 11.6 Å². The zero-order valence-electron chi connectivity index (χ0n) is 7.22. The van der Waals surface area contributed by atoms with Crippen molar-refractivity contribution in [2.75, 3.05) is 5.75 Å². The number of nitrogens with two attached hydrogens (primary N) is 1. The molecular formula is C8H10ClNO3S. The van der Waals surface area contributed by atoms with E-state index >= 15 is 0 Å². The Kier molecular flexibility index (Phi) is 3.49. The number of rotatable bonds is 3. The molecule has 0 heterocycles. The van der Waals surface area contributed by atoms with Crippen LogP contribution < -0.4 is 5.73 Å². The summed E-state index contributed by atoms with van der Waals surface area (Å²) in [6.45, 7) is 0. The molecule has 0 aliphatic heterocycles. The maximum absolute atomic E-state index is 10.5. The van der Waals surface area contributed by atoms with Gasteiger partial charge in [0.25, 0.3) is 10.1 Å². The SMILES string of the molecule is NC(CS(=O)(=O)O)c1cccc(Cl)c1. The van der Waals surface area contributed by atoms with Gasteiger partial charge in [-0.25, -0.2) is 0 Å². The molecule has 3 N–H and O–H groups in total. The van der Waals surface area contributed by atoms with Gasteiger partial charge in [0.05, 0.1) is 5.75 Å². The van der Waals surface area contributed by atoms with Crippen LogP contribution in [0.3, 0.4) is 0 Å². The van der Waals surface area contributed by atoms with E-state index in [2.05, 4.69) is 0 Å². The summed E-state index contributed by atoms with van der Waals surface area (Å²) in [5, 5.41) is 0.480. The molecule has 1 unspecified atom stereocenters. The Morgan fingerprint density at radius 3 is 2.64 bits per heavy atom. The topological polar surface area (TPSA) is 80.4 Å². The zero-order valence-corrected chi connectivity index (χ0v) is 8.79. The number of hydrogen-bond donors (Lipinski definition) is 2. The third-order valence-corrected chi connectivity index (χ3v) is 2.68. The summed E-state index contributed by atoms with van der Waals surface area (Å²) in [6, 6.07) is 5.79. The van der Waals surface area contributed by atoms with Crippen molar-refractivity contribution >= 4 is 21.7 Å². The van der Waals surface area contributed by atoms with Crippen LogP contribution in [-0.2, 0) is 10.1 Å². The normalized spacial score (nSPS) is 13.9. The smallest absolute Gasteiger partial charge is 0.266 e. The van der Waals surface area contributed by atoms with Gasteiger partial charge < -0.3 is 5.73 Å². The Labute approximate surface area is 87.4 Å². The van der Waals surface area contributed by atoms with Gasteiger partial charge in [-0.05, 0) is 17.7 Å². The monoisotopic (exact) mass is 235 g/mol. The summed E-state index contributed by atoms with van der Waals surface area (Å²) in [4.78, 5) is 0. The molecule has 0 bridgehead atoms. The highest BCUT2D eigenvalue weighted by molar-refractivity contribution is 7.85. The maximum Gasteiger partial charge on any atom is 0.266 e. The summed E-state index contributed by atoms with van der Waals surface area (Å²) in [7, 11) is -4.05. The lowest BCUT2D eigenvalue weighted by Crippen LogP contribution is -2.21. The van der Waals surface area contributed by atoms with Crippen molar-refractivity contribution in [1.29, 1.82) is 0 Å². The van der Waals surface area contributed by atoms with E-state index in [1.165, 1.54) is 0 Å². The molecule has 1 aromatic rings. The molecule has 0 aliphatic rings. The first-order chi connectivity index (χ1) is 6.38. The fraction of sp³-hybridized carbons (Fsp3) is 0.250. The van der Waals surface area contributed by atoms with Crippen LogP contribution in [0.5, 0.6) is 0 Å². The van der Waals surface area contributed by atoms with Gasteiger partial charge in [-0.2, -0.15) is 8.42 Å². The second-order valence-electron chi connectivity index (χ2n) is 2.91. The molecule has 0 spiro atoms. The van der Waals surface area contributed by atoms with Crippen LogP contribution in [0.4, 0.5) is 0 Å². The highest BCUT2D eigenvalue weighted by Gasteiger charge is 2.14. The lowest BCUT2D eigenvalue weighted by atomic mass is 10.1. The average Bonchev–Trinajstić information content (AvgIpc) is 2.01. The van der Waals surface area contributed by atoms with Gasteiger partial charge in [0.15, 0.2) is 0 Å². The molecule has 6 heteroatoms. The fourth-order valence-corrected chi connectivity index (χ4v) is 1.91. The third-order valence-electron chi connectivity index (χ3n) is 1.67. The van der Waals surface area contributed by atoms with Crippen LogP contribution in [0.15, 0.2) is 24.3 Å². The summed E-state index contributed by atoms with van der Waals surface area (Å²) in [5.41, 5.74) is 6.13. The van der Waals surface area contributed by atoms with Gasteiger partial charge >= 0.3 is 0 Å². The Morgan fingerprint density at radius 1 is 1.50 bits per heavy atom. The first kappa shape index (κ1) is 11.5. The fourth-order valence-electron chi connectivity index (χ4n) is 1.06. The molecule has 0 saturated heterocycles. The maximum atomic E-state index is 10.5. The van der Waals surface area contributed by atoms with Crippen molar-refractivity contribution in [3.05, 3.63) is 34.9 Å². The molecule has 1 atom stereocenters. The van der Waals surface area contributed by atoms with E-state index in [9.17, 15) is 8.42 Å². The largest absolute Gasteiger partial charge is 0.323 e. The second kappa shape index (κ2) is 4.27. The second-order valence-corrected chi connectivity index (χ2v) is 4.84. The van der Waals surface area contributed by atoms with Crippen LogP contribution in [0.1, 0.15) is 11.6 Å². The first-order valence-electron chi connectivity index (χ1n) is 3.85. The van der Waals surface area contributed by atoms with Gasteiger partial charge in [0, 0.05) is 11.1 Å². The van der Waals surface area contributed by atoms with Crippen LogP contribution in [-0.4, -0.2) is 18.7 Å². The van der Waals surface area contributed by atoms with E-state index < -0.39 is 21.9 Å². The molecule has 0 saturated carbocycles. The molecule has 0 fully saturated rings. The number of halogens is 1. The van der Waals surface area contributed by atoms with Crippen molar-refractivity contribution in [2.24, 2.45) is 5.73 Å². The van der Waals surface area contributed by atoms with E-state index in [0.29, 0.717) is 10.6 Å². The van der Waals surface area contributed by atoms with Crippen molar-refractivity contribution in [2.45, 2.75) is 6.04 Å². The molecular weight excluding hydrogens is 226 g/mol. The lowest BCUT2D eigenvalue weighted by Gasteiger charge is -2.09. The summed E-state index contributed by atoms with van der Waals surface area (Å²) >= 11 is 5.69. The highest BCUT2D eigenvalue weighted by atomic mass is 35.5. The summed E-state index contributed by atoms with van der Waals surface area (Å²) in [6.07, 6.45) is 0. The van der Waals surface area contributed by atoms with Crippen LogP contribution in [0.25, 0.3) is 0 Å². The lowest BCUT2D eigenvalue weighted by molar-refractivity contribution is 0.478. The molecule has 1 rings (SSSR count). The van der Waals surface area contributed by atoms with E-state index in [1.54, 1.807) is 24.3 Å². The Hall–Kier alpha value is -0.620. The highest BCUT2D eigenvalue weighted by Crippen LogP contribution is 2.16. The molecule has 4 nitrogen and oxygen atoms in total. The molecule has 78 valence electrons. The predicted octanol–water partition coefficient (Wildman–Crippen LogP) is 1.23. The molecule has 1 aromatic carbocycles. The molecule has 0 radical (unpaired) electrons. The van der Waals surface area contributed by atoms with Gasteiger partial charge in [0.2, 0.25) is 0 Å². The van der Waals surface area contributed by atoms with Crippen molar-refractivity contribution in [3.8, 4) is 0 Å². The minimum atomic E-state index is -4.05. The van der Waals surface area contributed by atoms with Gasteiger partial charge in [-0.3, -0.25) is 4.55 Å². The minimum absolute atomic E-state index is 0.480. The van der Waals surface area contributed by atoms with Crippen LogP contribution in [0, 0.1) is 0 Å².